The summed E-state index contributed by atoms with van der Waals surface area (Å²) in [7, 11) is 0. The first kappa shape index (κ1) is 26.9. The molecule has 2 aromatic rings. The number of carbonyl (C=O) groups excluding carboxylic acids is 3. The molecule has 0 spiro atoms. The highest BCUT2D eigenvalue weighted by Gasteiger charge is 2.35. The summed E-state index contributed by atoms with van der Waals surface area (Å²) in [6, 6.07) is 12.2. The predicted molar refractivity (Wildman–Crippen MR) is 142 cm³/mol. The molecule has 0 aromatic heterocycles. The molecular formula is C27H33ClN4O5. The van der Waals surface area contributed by atoms with Crippen molar-refractivity contribution in [2.24, 2.45) is 5.92 Å². The number of rotatable bonds is 10. The molecule has 0 bridgehead atoms. The number of nitrogens with one attached hydrogen (secondary N) is 2. The summed E-state index contributed by atoms with van der Waals surface area (Å²) < 4.78 is 10.9. The van der Waals surface area contributed by atoms with Crippen LogP contribution in [0.3, 0.4) is 0 Å². The Labute approximate surface area is 222 Å². The Morgan fingerprint density at radius 1 is 1.14 bits per heavy atom. The molecule has 0 unspecified atom stereocenters. The van der Waals surface area contributed by atoms with Crippen LogP contribution < -0.4 is 20.3 Å². The molecule has 2 aromatic carbocycles. The number of anilines is 2. The molecule has 9 nitrogen and oxygen atoms in total. The molecular weight excluding hydrogens is 496 g/mol. The third kappa shape index (κ3) is 7.67. The van der Waals surface area contributed by atoms with Crippen LogP contribution >= 0.6 is 11.6 Å². The van der Waals surface area contributed by atoms with Gasteiger partial charge in [-0.15, -0.1) is 0 Å². The summed E-state index contributed by atoms with van der Waals surface area (Å²) in [5.41, 5.74) is 2.22. The van der Waals surface area contributed by atoms with Gasteiger partial charge in [-0.3, -0.25) is 19.3 Å². The summed E-state index contributed by atoms with van der Waals surface area (Å²) in [5.74, 6) is -0.345. The van der Waals surface area contributed by atoms with Gasteiger partial charge in [-0.05, 0) is 61.9 Å². The highest BCUT2D eigenvalue weighted by atomic mass is 35.5. The van der Waals surface area contributed by atoms with Gasteiger partial charge in [0.2, 0.25) is 11.8 Å². The summed E-state index contributed by atoms with van der Waals surface area (Å²) >= 11 is 6.09. The minimum absolute atomic E-state index is 0.0846. The molecule has 0 saturated carbocycles. The SMILES string of the molecule is Cc1ccc(NC(=O)COc2ccc(N3C[C@@H](C(=O)NCCCN4CCOCC4)CC3=O)cc2)cc1Cl. The van der Waals surface area contributed by atoms with Crippen LogP contribution in [0.15, 0.2) is 42.5 Å². The van der Waals surface area contributed by atoms with E-state index in [1.54, 1.807) is 41.3 Å². The molecule has 2 saturated heterocycles. The van der Waals surface area contributed by atoms with Crippen molar-refractivity contribution in [3.63, 3.8) is 0 Å². The fourth-order valence-corrected chi connectivity index (χ4v) is 4.54. The highest BCUT2D eigenvalue weighted by Crippen LogP contribution is 2.27. The number of carbonyl (C=O) groups is 3. The average molecular weight is 529 g/mol. The minimum atomic E-state index is -0.370. The molecule has 1 atom stereocenters. The number of ether oxygens (including phenoxy) is 2. The van der Waals surface area contributed by atoms with Crippen molar-refractivity contribution in [1.29, 1.82) is 0 Å². The van der Waals surface area contributed by atoms with E-state index in [0.717, 1.165) is 44.8 Å². The number of hydrogen-bond donors (Lipinski definition) is 2. The van der Waals surface area contributed by atoms with Crippen molar-refractivity contribution in [3.05, 3.63) is 53.1 Å². The van der Waals surface area contributed by atoms with Crippen molar-refractivity contribution >= 4 is 40.7 Å². The first-order chi connectivity index (χ1) is 17.9. The van der Waals surface area contributed by atoms with Gasteiger partial charge in [-0.1, -0.05) is 17.7 Å². The van der Waals surface area contributed by atoms with Crippen LogP contribution in [-0.2, 0) is 19.1 Å². The lowest BCUT2D eigenvalue weighted by molar-refractivity contribution is -0.126. The van der Waals surface area contributed by atoms with Gasteiger partial charge in [-0.25, -0.2) is 0 Å². The predicted octanol–water partition coefficient (Wildman–Crippen LogP) is 2.86. The molecule has 2 aliphatic rings. The van der Waals surface area contributed by atoms with Crippen LogP contribution in [0.25, 0.3) is 0 Å². The second-order valence-corrected chi connectivity index (χ2v) is 9.71. The zero-order valence-corrected chi connectivity index (χ0v) is 21.8. The monoisotopic (exact) mass is 528 g/mol. The zero-order chi connectivity index (χ0) is 26.2. The highest BCUT2D eigenvalue weighted by molar-refractivity contribution is 6.31. The van der Waals surface area contributed by atoms with Gasteiger partial charge in [0, 0.05) is 49.0 Å². The van der Waals surface area contributed by atoms with Crippen LogP contribution in [0.4, 0.5) is 11.4 Å². The third-order valence-corrected chi connectivity index (χ3v) is 6.93. The number of aryl methyl sites for hydroxylation is 1. The third-order valence-electron chi connectivity index (χ3n) is 6.52. The van der Waals surface area contributed by atoms with Crippen molar-refractivity contribution in [2.45, 2.75) is 19.8 Å². The van der Waals surface area contributed by atoms with Gasteiger partial charge in [0.05, 0.1) is 19.1 Å². The van der Waals surface area contributed by atoms with E-state index in [1.807, 2.05) is 13.0 Å². The fourth-order valence-electron chi connectivity index (χ4n) is 4.35. The Morgan fingerprint density at radius 3 is 2.62 bits per heavy atom. The lowest BCUT2D eigenvalue weighted by atomic mass is 10.1. The standard InChI is InChI=1S/C27H33ClN4O5/c1-19-3-4-21(16-24(19)28)30-25(33)18-37-23-7-5-22(6-8-23)32-17-20(15-26(32)34)27(35)29-9-2-10-31-11-13-36-14-12-31/h3-8,16,20H,2,9-15,17-18H2,1H3,(H,29,35)(H,30,33)/t20-/m0/s1. The van der Waals surface area contributed by atoms with E-state index in [-0.39, 0.29) is 36.7 Å². The Morgan fingerprint density at radius 2 is 1.89 bits per heavy atom. The molecule has 4 rings (SSSR count). The second-order valence-electron chi connectivity index (χ2n) is 9.30. The maximum Gasteiger partial charge on any atom is 0.262 e. The molecule has 2 aliphatic heterocycles. The lowest BCUT2D eigenvalue weighted by Gasteiger charge is -2.26. The number of amides is 3. The van der Waals surface area contributed by atoms with Gasteiger partial charge < -0.3 is 25.0 Å². The van der Waals surface area contributed by atoms with Gasteiger partial charge in [0.15, 0.2) is 6.61 Å². The second kappa shape index (κ2) is 12.9. The van der Waals surface area contributed by atoms with E-state index in [0.29, 0.717) is 35.2 Å². The van der Waals surface area contributed by atoms with Gasteiger partial charge in [0.25, 0.3) is 5.91 Å². The van der Waals surface area contributed by atoms with Crippen LogP contribution in [-0.4, -0.2) is 75.2 Å². The summed E-state index contributed by atoms with van der Waals surface area (Å²) in [6.07, 6.45) is 1.06. The molecule has 0 radical (unpaired) electrons. The Balaban J connectivity index is 1.19. The maximum atomic E-state index is 12.6. The van der Waals surface area contributed by atoms with Crippen molar-refractivity contribution in [3.8, 4) is 5.75 Å². The van der Waals surface area contributed by atoms with E-state index in [4.69, 9.17) is 21.1 Å². The fraction of sp³-hybridized carbons (Fsp3) is 0.444. The number of morpholine rings is 1. The Kier molecular flexibility index (Phi) is 9.38. The van der Waals surface area contributed by atoms with Crippen molar-refractivity contribution < 1.29 is 23.9 Å². The first-order valence-corrected chi connectivity index (χ1v) is 12.9. The van der Waals surface area contributed by atoms with Gasteiger partial charge in [-0.2, -0.15) is 0 Å². The molecule has 0 aliphatic carbocycles. The van der Waals surface area contributed by atoms with Crippen LogP contribution in [0.2, 0.25) is 5.02 Å². The van der Waals surface area contributed by atoms with Crippen molar-refractivity contribution in [1.82, 2.24) is 10.2 Å². The van der Waals surface area contributed by atoms with E-state index in [9.17, 15) is 14.4 Å². The largest absolute Gasteiger partial charge is 0.484 e. The van der Waals surface area contributed by atoms with Gasteiger partial charge in [0.1, 0.15) is 5.75 Å². The normalized spacial score (nSPS) is 18.1. The number of halogens is 1. The topological polar surface area (TPSA) is 100 Å². The van der Waals surface area contributed by atoms with E-state index >= 15 is 0 Å². The van der Waals surface area contributed by atoms with Crippen molar-refractivity contribution in [2.75, 3.05) is 62.8 Å². The Bertz CT molecular complexity index is 1100. The minimum Gasteiger partial charge on any atom is -0.484 e. The quantitative estimate of drug-likeness (QED) is 0.460. The van der Waals surface area contributed by atoms with Gasteiger partial charge >= 0.3 is 0 Å². The zero-order valence-electron chi connectivity index (χ0n) is 21.0. The average Bonchev–Trinajstić information content (AvgIpc) is 3.30. The maximum absolute atomic E-state index is 12.6. The number of nitrogens with zero attached hydrogens (tertiary/aromatic N) is 2. The molecule has 2 heterocycles. The summed E-state index contributed by atoms with van der Waals surface area (Å²) in [6.45, 7) is 6.97. The summed E-state index contributed by atoms with van der Waals surface area (Å²) in [4.78, 5) is 41.3. The van der Waals surface area contributed by atoms with Crippen LogP contribution in [0, 0.1) is 12.8 Å². The number of hydrogen-bond acceptors (Lipinski definition) is 6. The smallest absolute Gasteiger partial charge is 0.262 e. The van der Waals surface area contributed by atoms with Crippen LogP contribution in [0.1, 0.15) is 18.4 Å². The summed E-state index contributed by atoms with van der Waals surface area (Å²) in [5, 5.41) is 6.30. The lowest BCUT2D eigenvalue weighted by Crippen LogP contribution is -2.39. The van der Waals surface area contributed by atoms with Crippen LogP contribution in [0.5, 0.6) is 5.75 Å². The molecule has 10 heteroatoms. The van der Waals surface area contributed by atoms with E-state index < -0.39 is 0 Å². The van der Waals surface area contributed by atoms with E-state index in [2.05, 4.69) is 15.5 Å². The Hall–Kier alpha value is -3.14. The molecule has 2 N–H and O–H groups in total. The van der Waals surface area contributed by atoms with E-state index in [1.165, 1.54) is 0 Å². The molecule has 198 valence electrons. The molecule has 37 heavy (non-hydrogen) atoms. The molecule has 3 amide bonds. The first-order valence-electron chi connectivity index (χ1n) is 12.6. The number of benzene rings is 2. The molecule has 2 fully saturated rings.